The van der Waals surface area contributed by atoms with E-state index in [2.05, 4.69) is 55.3 Å². The van der Waals surface area contributed by atoms with E-state index < -0.39 is 0 Å². The highest BCUT2D eigenvalue weighted by Crippen LogP contribution is 2.22. The lowest BCUT2D eigenvalue weighted by atomic mass is 9.97. The number of amides is 1. The third-order valence-electron chi connectivity index (χ3n) is 6.16. The van der Waals surface area contributed by atoms with Gasteiger partial charge < -0.3 is 20.0 Å². The number of piperazine rings is 1. The number of benzene rings is 1. The number of rotatable bonds is 6. The van der Waals surface area contributed by atoms with Crippen molar-refractivity contribution < 1.29 is 4.79 Å². The molecule has 4 rings (SSSR count). The van der Waals surface area contributed by atoms with Gasteiger partial charge in [-0.15, -0.1) is 0 Å². The van der Waals surface area contributed by atoms with E-state index in [0.717, 1.165) is 70.2 Å². The van der Waals surface area contributed by atoms with E-state index in [1.165, 1.54) is 5.69 Å². The maximum atomic E-state index is 12.7. The van der Waals surface area contributed by atoms with Gasteiger partial charge in [0.15, 0.2) is 0 Å². The zero-order valence-corrected chi connectivity index (χ0v) is 17.9. The van der Waals surface area contributed by atoms with E-state index >= 15 is 0 Å². The predicted molar refractivity (Wildman–Crippen MR) is 123 cm³/mol. The van der Waals surface area contributed by atoms with Gasteiger partial charge in [0.05, 0.1) is 23.9 Å². The number of piperidine rings is 1. The first-order valence-corrected chi connectivity index (χ1v) is 11.1. The molecule has 162 valence electrons. The Hall–Kier alpha value is -3.11. The molecule has 0 radical (unpaired) electrons. The Balaban J connectivity index is 1.28. The van der Waals surface area contributed by atoms with Crippen molar-refractivity contribution in [2.24, 2.45) is 5.92 Å². The van der Waals surface area contributed by atoms with Crippen LogP contribution in [0.25, 0.3) is 0 Å². The molecule has 0 aliphatic carbocycles. The topological polar surface area (TPSA) is 75.5 Å². The van der Waals surface area contributed by atoms with Crippen molar-refractivity contribution in [1.29, 1.82) is 5.26 Å². The summed E-state index contributed by atoms with van der Waals surface area (Å²) in [4.78, 5) is 24.2. The minimum absolute atomic E-state index is 0.0295. The highest BCUT2D eigenvalue weighted by molar-refractivity contribution is 5.92. The number of para-hydroxylation sites is 1. The fraction of sp³-hybridized carbons (Fsp3) is 0.458. The Kier molecular flexibility index (Phi) is 7.00. The standard InChI is InChI=1S/C24H30N6O/c25-11-5-13-28-12-4-6-20(19-28)24(31)27-21-9-10-23(26-18-21)30-16-14-29(15-17-30)22-7-2-1-3-8-22/h1-3,7-10,18,20H,4-6,12-17,19H2,(H,27,31). The molecule has 1 aromatic carbocycles. The number of aromatic nitrogens is 1. The molecule has 2 aliphatic rings. The first-order chi connectivity index (χ1) is 15.2. The summed E-state index contributed by atoms with van der Waals surface area (Å²) in [5, 5.41) is 11.8. The first kappa shape index (κ1) is 21.1. The molecule has 0 spiro atoms. The summed E-state index contributed by atoms with van der Waals surface area (Å²) in [7, 11) is 0. The van der Waals surface area contributed by atoms with Gasteiger partial charge >= 0.3 is 0 Å². The molecule has 0 bridgehead atoms. The number of pyridine rings is 1. The summed E-state index contributed by atoms with van der Waals surface area (Å²) in [6.07, 6.45) is 4.16. The van der Waals surface area contributed by atoms with Crippen LogP contribution >= 0.6 is 0 Å². The van der Waals surface area contributed by atoms with Crippen LogP contribution in [0.5, 0.6) is 0 Å². The van der Waals surface area contributed by atoms with E-state index in [0.29, 0.717) is 6.42 Å². The smallest absolute Gasteiger partial charge is 0.228 e. The molecule has 1 N–H and O–H groups in total. The maximum absolute atomic E-state index is 12.7. The molecule has 2 aromatic rings. The van der Waals surface area contributed by atoms with Crippen LogP contribution in [0.3, 0.4) is 0 Å². The summed E-state index contributed by atoms with van der Waals surface area (Å²) in [5.41, 5.74) is 2.01. The van der Waals surface area contributed by atoms with Crippen LogP contribution in [0.15, 0.2) is 48.7 Å². The quantitative estimate of drug-likeness (QED) is 0.777. The number of carbonyl (C=O) groups excluding carboxylic acids is 1. The lowest BCUT2D eigenvalue weighted by molar-refractivity contribution is -0.121. The number of nitrogens with one attached hydrogen (secondary N) is 1. The van der Waals surface area contributed by atoms with E-state index in [4.69, 9.17) is 5.26 Å². The SMILES string of the molecule is N#CCCN1CCCC(C(=O)Nc2ccc(N3CCN(c4ccccc4)CC3)nc2)C1. The average Bonchev–Trinajstić information content (AvgIpc) is 2.84. The Morgan fingerprint density at radius 2 is 1.84 bits per heavy atom. The number of likely N-dealkylation sites (tertiary alicyclic amines) is 1. The largest absolute Gasteiger partial charge is 0.368 e. The molecular weight excluding hydrogens is 388 g/mol. The van der Waals surface area contributed by atoms with Crippen molar-refractivity contribution in [1.82, 2.24) is 9.88 Å². The van der Waals surface area contributed by atoms with Crippen molar-refractivity contribution in [2.45, 2.75) is 19.3 Å². The van der Waals surface area contributed by atoms with Gasteiger partial charge in [-0.3, -0.25) is 4.79 Å². The fourth-order valence-electron chi connectivity index (χ4n) is 4.40. The Labute approximate surface area is 184 Å². The Morgan fingerprint density at radius 1 is 1.06 bits per heavy atom. The second kappa shape index (κ2) is 10.3. The number of nitriles is 1. The Bertz CT molecular complexity index is 887. The molecule has 7 nitrogen and oxygen atoms in total. The van der Waals surface area contributed by atoms with E-state index in [9.17, 15) is 4.79 Å². The summed E-state index contributed by atoms with van der Waals surface area (Å²) in [6, 6.07) is 16.6. The second-order valence-corrected chi connectivity index (χ2v) is 8.25. The van der Waals surface area contributed by atoms with Gasteiger partial charge in [0.25, 0.3) is 0 Å². The zero-order chi connectivity index (χ0) is 21.5. The van der Waals surface area contributed by atoms with Gasteiger partial charge in [0.2, 0.25) is 5.91 Å². The minimum atomic E-state index is -0.0295. The second-order valence-electron chi connectivity index (χ2n) is 8.25. The average molecular weight is 419 g/mol. The molecule has 2 aliphatic heterocycles. The van der Waals surface area contributed by atoms with Crippen LogP contribution in [-0.4, -0.2) is 61.6 Å². The van der Waals surface area contributed by atoms with E-state index in [-0.39, 0.29) is 11.8 Å². The normalized spacial score (nSPS) is 19.6. The zero-order valence-electron chi connectivity index (χ0n) is 17.9. The molecule has 1 atom stereocenters. The fourth-order valence-corrected chi connectivity index (χ4v) is 4.40. The van der Waals surface area contributed by atoms with Crippen LogP contribution in [0.4, 0.5) is 17.2 Å². The van der Waals surface area contributed by atoms with Gasteiger partial charge in [0.1, 0.15) is 5.82 Å². The highest BCUT2D eigenvalue weighted by Gasteiger charge is 2.26. The van der Waals surface area contributed by atoms with Crippen LogP contribution < -0.4 is 15.1 Å². The maximum Gasteiger partial charge on any atom is 0.228 e. The van der Waals surface area contributed by atoms with Gasteiger partial charge in [-0.2, -0.15) is 5.26 Å². The van der Waals surface area contributed by atoms with Gasteiger partial charge in [0, 0.05) is 51.4 Å². The number of hydrogen-bond acceptors (Lipinski definition) is 6. The summed E-state index contributed by atoms with van der Waals surface area (Å²) in [5.74, 6) is 0.969. The number of anilines is 3. The van der Waals surface area contributed by atoms with Gasteiger partial charge in [-0.25, -0.2) is 4.98 Å². The summed E-state index contributed by atoms with van der Waals surface area (Å²) in [6.45, 7) is 6.22. The molecule has 1 aromatic heterocycles. The van der Waals surface area contributed by atoms with Crippen LogP contribution in [-0.2, 0) is 4.79 Å². The lowest BCUT2D eigenvalue weighted by Crippen LogP contribution is -2.46. The first-order valence-electron chi connectivity index (χ1n) is 11.1. The lowest BCUT2D eigenvalue weighted by Gasteiger charge is -2.36. The van der Waals surface area contributed by atoms with E-state index in [1.54, 1.807) is 6.20 Å². The third-order valence-corrected chi connectivity index (χ3v) is 6.16. The van der Waals surface area contributed by atoms with E-state index in [1.807, 2.05) is 18.2 Å². The molecule has 0 saturated carbocycles. The summed E-state index contributed by atoms with van der Waals surface area (Å²) >= 11 is 0. The van der Waals surface area contributed by atoms with Crippen LogP contribution in [0.1, 0.15) is 19.3 Å². The molecule has 3 heterocycles. The molecule has 7 heteroatoms. The third kappa shape index (κ3) is 5.53. The van der Waals surface area contributed by atoms with Crippen molar-refractivity contribution in [2.75, 3.05) is 60.9 Å². The number of nitrogens with zero attached hydrogens (tertiary/aromatic N) is 5. The van der Waals surface area contributed by atoms with Gasteiger partial charge in [-0.1, -0.05) is 18.2 Å². The summed E-state index contributed by atoms with van der Waals surface area (Å²) < 4.78 is 0. The monoisotopic (exact) mass is 418 g/mol. The van der Waals surface area contributed by atoms with Gasteiger partial charge in [-0.05, 0) is 43.7 Å². The van der Waals surface area contributed by atoms with Crippen LogP contribution in [0, 0.1) is 17.2 Å². The molecular formula is C24H30N6O. The number of hydrogen-bond donors (Lipinski definition) is 1. The Morgan fingerprint density at radius 3 is 2.55 bits per heavy atom. The van der Waals surface area contributed by atoms with Crippen molar-refractivity contribution in [3.63, 3.8) is 0 Å². The van der Waals surface area contributed by atoms with Crippen molar-refractivity contribution in [3.8, 4) is 6.07 Å². The predicted octanol–water partition coefficient (Wildman–Crippen LogP) is 2.97. The van der Waals surface area contributed by atoms with Crippen molar-refractivity contribution in [3.05, 3.63) is 48.7 Å². The molecule has 1 unspecified atom stereocenters. The molecule has 2 fully saturated rings. The molecule has 2 saturated heterocycles. The minimum Gasteiger partial charge on any atom is -0.368 e. The molecule has 1 amide bonds. The number of carbonyl (C=O) groups is 1. The molecule has 31 heavy (non-hydrogen) atoms. The van der Waals surface area contributed by atoms with Crippen molar-refractivity contribution >= 4 is 23.1 Å². The highest BCUT2D eigenvalue weighted by atomic mass is 16.1. The van der Waals surface area contributed by atoms with Crippen LogP contribution in [0.2, 0.25) is 0 Å².